The SMILES string of the molecule is CC(C)(C)[C@@H](NC(=O)c1cc(Cl)ccc1F)C(=O)O. The highest BCUT2D eigenvalue weighted by Crippen LogP contribution is 2.21. The Morgan fingerprint density at radius 1 is 1.37 bits per heavy atom. The van der Waals surface area contributed by atoms with Crippen molar-refractivity contribution in [2.75, 3.05) is 0 Å². The Balaban J connectivity index is 3.01. The van der Waals surface area contributed by atoms with Gasteiger partial charge in [0.2, 0.25) is 0 Å². The molecule has 6 heteroatoms. The van der Waals surface area contributed by atoms with Crippen molar-refractivity contribution in [2.45, 2.75) is 26.8 Å². The minimum absolute atomic E-state index is 0.203. The zero-order chi connectivity index (χ0) is 14.8. The lowest BCUT2D eigenvalue weighted by molar-refractivity contribution is -0.142. The first-order valence-corrected chi connectivity index (χ1v) is 5.99. The van der Waals surface area contributed by atoms with Crippen molar-refractivity contribution in [3.8, 4) is 0 Å². The molecule has 0 saturated carbocycles. The Morgan fingerprint density at radius 3 is 2.42 bits per heavy atom. The van der Waals surface area contributed by atoms with Crippen molar-refractivity contribution in [3.05, 3.63) is 34.6 Å². The quantitative estimate of drug-likeness (QED) is 0.898. The molecule has 0 heterocycles. The number of rotatable bonds is 3. The summed E-state index contributed by atoms with van der Waals surface area (Å²) in [6.45, 7) is 5.00. The number of halogens is 2. The summed E-state index contributed by atoms with van der Waals surface area (Å²) in [5.41, 5.74) is -0.973. The number of carboxylic acid groups (broad SMARTS) is 1. The molecule has 1 amide bonds. The first-order chi connectivity index (χ1) is 8.62. The van der Waals surface area contributed by atoms with Crippen LogP contribution in [-0.4, -0.2) is 23.0 Å². The van der Waals surface area contributed by atoms with Crippen molar-refractivity contribution < 1.29 is 19.1 Å². The van der Waals surface area contributed by atoms with Crippen LogP contribution < -0.4 is 5.32 Å². The predicted molar refractivity (Wildman–Crippen MR) is 69.8 cm³/mol. The van der Waals surface area contributed by atoms with E-state index in [1.165, 1.54) is 6.07 Å². The highest BCUT2D eigenvalue weighted by molar-refractivity contribution is 6.31. The van der Waals surface area contributed by atoms with Crippen molar-refractivity contribution in [3.63, 3.8) is 0 Å². The molecule has 4 nitrogen and oxygen atoms in total. The van der Waals surface area contributed by atoms with Crippen LogP contribution in [0.3, 0.4) is 0 Å². The molecular weight excluding hydrogens is 273 g/mol. The van der Waals surface area contributed by atoms with Crippen molar-refractivity contribution >= 4 is 23.5 Å². The maximum Gasteiger partial charge on any atom is 0.326 e. The van der Waals surface area contributed by atoms with Gasteiger partial charge in [-0.3, -0.25) is 4.79 Å². The second-order valence-electron chi connectivity index (χ2n) is 5.23. The Morgan fingerprint density at radius 2 is 1.95 bits per heavy atom. The number of carbonyl (C=O) groups excluding carboxylic acids is 1. The van der Waals surface area contributed by atoms with Gasteiger partial charge in [-0.2, -0.15) is 0 Å². The van der Waals surface area contributed by atoms with E-state index >= 15 is 0 Å². The third-order valence-corrected chi connectivity index (χ3v) is 2.80. The van der Waals surface area contributed by atoms with E-state index in [-0.39, 0.29) is 10.6 Å². The first kappa shape index (κ1) is 15.4. The van der Waals surface area contributed by atoms with E-state index in [1.54, 1.807) is 20.8 Å². The van der Waals surface area contributed by atoms with Crippen LogP contribution in [0.15, 0.2) is 18.2 Å². The molecule has 0 bridgehead atoms. The Kier molecular flexibility index (Phi) is 4.52. The molecule has 0 fully saturated rings. The maximum absolute atomic E-state index is 13.5. The number of hydrogen-bond donors (Lipinski definition) is 2. The molecule has 0 aliphatic carbocycles. The van der Waals surface area contributed by atoms with Crippen LogP contribution in [0.2, 0.25) is 5.02 Å². The lowest BCUT2D eigenvalue weighted by Gasteiger charge is -2.27. The highest BCUT2D eigenvalue weighted by atomic mass is 35.5. The first-order valence-electron chi connectivity index (χ1n) is 5.61. The molecule has 0 saturated heterocycles. The summed E-state index contributed by atoms with van der Waals surface area (Å²) in [5, 5.41) is 11.6. The Bertz CT molecular complexity index is 511. The van der Waals surface area contributed by atoms with Gasteiger partial charge in [-0.05, 0) is 23.6 Å². The number of benzene rings is 1. The zero-order valence-corrected chi connectivity index (χ0v) is 11.6. The lowest BCUT2D eigenvalue weighted by atomic mass is 9.86. The number of carbonyl (C=O) groups is 2. The molecular formula is C13H15ClFNO3. The largest absolute Gasteiger partial charge is 0.480 e. The van der Waals surface area contributed by atoms with Crippen LogP contribution in [0.4, 0.5) is 4.39 Å². The average molecular weight is 288 g/mol. The molecule has 1 atom stereocenters. The molecule has 1 rings (SSSR count). The third-order valence-electron chi connectivity index (χ3n) is 2.56. The molecule has 0 aliphatic heterocycles. The lowest BCUT2D eigenvalue weighted by Crippen LogP contribution is -2.49. The fourth-order valence-electron chi connectivity index (χ4n) is 1.53. The van der Waals surface area contributed by atoms with E-state index in [4.69, 9.17) is 16.7 Å². The molecule has 104 valence electrons. The fraction of sp³-hybridized carbons (Fsp3) is 0.385. The van der Waals surface area contributed by atoms with Crippen molar-refractivity contribution in [2.24, 2.45) is 5.41 Å². The minimum atomic E-state index is -1.18. The van der Waals surface area contributed by atoms with Crippen LogP contribution in [0, 0.1) is 11.2 Å². The topological polar surface area (TPSA) is 66.4 Å². The van der Waals surface area contributed by atoms with Gasteiger partial charge in [0.1, 0.15) is 11.9 Å². The Hall–Kier alpha value is -1.62. The molecule has 2 N–H and O–H groups in total. The third kappa shape index (κ3) is 3.92. The van der Waals surface area contributed by atoms with Crippen molar-refractivity contribution in [1.82, 2.24) is 5.32 Å². The standard InChI is InChI=1S/C13H15ClFNO3/c1-13(2,3)10(12(18)19)16-11(17)8-6-7(14)4-5-9(8)15/h4-6,10H,1-3H3,(H,16,17)(H,18,19)/t10-/m0/s1. The molecule has 0 aromatic heterocycles. The van der Waals surface area contributed by atoms with Gasteiger partial charge < -0.3 is 10.4 Å². The van der Waals surface area contributed by atoms with Gasteiger partial charge in [-0.15, -0.1) is 0 Å². The van der Waals surface area contributed by atoms with Gasteiger partial charge in [0.05, 0.1) is 5.56 Å². The summed E-state index contributed by atoms with van der Waals surface area (Å²) >= 11 is 5.69. The highest BCUT2D eigenvalue weighted by Gasteiger charge is 2.33. The number of carboxylic acids is 1. The summed E-state index contributed by atoms with van der Waals surface area (Å²) in [6, 6.07) is 2.41. The zero-order valence-electron chi connectivity index (χ0n) is 10.8. The molecule has 0 aliphatic rings. The van der Waals surface area contributed by atoms with Gasteiger partial charge in [0, 0.05) is 5.02 Å². The van der Waals surface area contributed by atoms with Crippen LogP contribution in [-0.2, 0) is 4.79 Å². The average Bonchev–Trinajstić information content (AvgIpc) is 2.26. The van der Waals surface area contributed by atoms with Gasteiger partial charge in [0.25, 0.3) is 5.91 Å². The second kappa shape index (κ2) is 5.57. The van der Waals surface area contributed by atoms with Crippen molar-refractivity contribution in [1.29, 1.82) is 0 Å². The van der Waals surface area contributed by atoms with E-state index in [0.717, 1.165) is 12.1 Å². The van der Waals surface area contributed by atoms with Crippen LogP contribution in [0.5, 0.6) is 0 Å². The molecule has 19 heavy (non-hydrogen) atoms. The normalized spacial score (nSPS) is 12.9. The predicted octanol–water partition coefficient (Wildman–Crippen LogP) is 2.71. The van der Waals surface area contributed by atoms with Gasteiger partial charge in [-0.1, -0.05) is 32.4 Å². The molecule has 0 spiro atoms. The number of nitrogens with one attached hydrogen (secondary N) is 1. The maximum atomic E-state index is 13.5. The molecule has 0 radical (unpaired) electrons. The van der Waals surface area contributed by atoms with E-state index < -0.39 is 29.2 Å². The van der Waals surface area contributed by atoms with Crippen LogP contribution in [0.1, 0.15) is 31.1 Å². The van der Waals surface area contributed by atoms with Gasteiger partial charge in [0.15, 0.2) is 0 Å². The fourth-order valence-corrected chi connectivity index (χ4v) is 1.70. The summed E-state index contributed by atoms with van der Waals surface area (Å²) in [4.78, 5) is 23.0. The smallest absolute Gasteiger partial charge is 0.326 e. The summed E-state index contributed by atoms with van der Waals surface area (Å²) in [5.74, 6) is -2.73. The molecule has 0 unspecified atom stereocenters. The number of hydrogen-bond acceptors (Lipinski definition) is 2. The summed E-state index contributed by atoms with van der Waals surface area (Å²) in [6.07, 6.45) is 0. The van der Waals surface area contributed by atoms with E-state index in [1.807, 2.05) is 0 Å². The van der Waals surface area contributed by atoms with Gasteiger partial charge >= 0.3 is 5.97 Å². The molecule has 1 aromatic carbocycles. The summed E-state index contributed by atoms with van der Waals surface area (Å²) < 4.78 is 13.5. The Labute approximate surface area is 115 Å². The number of aliphatic carboxylic acids is 1. The molecule has 1 aromatic rings. The van der Waals surface area contributed by atoms with Crippen LogP contribution in [0.25, 0.3) is 0 Å². The minimum Gasteiger partial charge on any atom is -0.480 e. The van der Waals surface area contributed by atoms with E-state index in [2.05, 4.69) is 5.32 Å². The van der Waals surface area contributed by atoms with Gasteiger partial charge in [-0.25, -0.2) is 9.18 Å². The second-order valence-corrected chi connectivity index (χ2v) is 5.67. The van der Waals surface area contributed by atoms with Crippen LogP contribution >= 0.6 is 11.6 Å². The monoisotopic (exact) mass is 287 g/mol. The van der Waals surface area contributed by atoms with E-state index in [0.29, 0.717) is 0 Å². The number of amides is 1. The van der Waals surface area contributed by atoms with E-state index in [9.17, 15) is 14.0 Å². The summed E-state index contributed by atoms with van der Waals surface area (Å²) in [7, 11) is 0.